The number of benzene rings is 2. The topological polar surface area (TPSA) is 111 Å². The van der Waals surface area contributed by atoms with Gasteiger partial charge in [0.2, 0.25) is 5.91 Å². The van der Waals surface area contributed by atoms with Crippen LogP contribution < -0.4 is 15.4 Å². The summed E-state index contributed by atoms with van der Waals surface area (Å²) in [6.45, 7) is 3.39. The minimum Gasteiger partial charge on any atom is -0.465 e. The van der Waals surface area contributed by atoms with Crippen LogP contribution in [0.1, 0.15) is 56.1 Å². The van der Waals surface area contributed by atoms with Crippen LogP contribution in [0.2, 0.25) is 0 Å². The van der Waals surface area contributed by atoms with Crippen LogP contribution in [-0.2, 0) is 10.4 Å². The molecule has 8 nitrogen and oxygen atoms in total. The van der Waals surface area contributed by atoms with Crippen molar-refractivity contribution in [3.63, 3.8) is 0 Å². The van der Waals surface area contributed by atoms with Crippen LogP contribution in [0.5, 0.6) is 11.5 Å². The normalized spacial score (nSPS) is 23.0. The number of carbonyl (C=O) groups is 2. The van der Waals surface area contributed by atoms with Crippen molar-refractivity contribution in [2.75, 3.05) is 26.7 Å². The van der Waals surface area contributed by atoms with Gasteiger partial charge in [0.1, 0.15) is 11.5 Å². The summed E-state index contributed by atoms with van der Waals surface area (Å²) < 4.78 is 6.34. The highest BCUT2D eigenvalue weighted by molar-refractivity contribution is 5.79. The summed E-state index contributed by atoms with van der Waals surface area (Å²) >= 11 is 0. The summed E-state index contributed by atoms with van der Waals surface area (Å²) in [4.78, 5) is 26.4. The zero-order chi connectivity index (χ0) is 27.1. The van der Waals surface area contributed by atoms with Gasteiger partial charge in [-0.2, -0.15) is 0 Å². The van der Waals surface area contributed by atoms with Crippen molar-refractivity contribution in [2.24, 2.45) is 11.8 Å². The summed E-state index contributed by atoms with van der Waals surface area (Å²) in [6.07, 6.45) is 4.07. The summed E-state index contributed by atoms with van der Waals surface area (Å²) in [6, 6.07) is 15.7. The van der Waals surface area contributed by atoms with Crippen molar-refractivity contribution < 1.29 is 24.5 Å². The first-order valence-electron chi connectivity index (χ1n) is 13.8. The first-order chi connectivity index (χ1) is 18.3. The number of amides is 2. The minimum atomic E-state index is -1.29. The van der Waals surface area contributed by atoms with Crippen LogP contribution in [0.4, 0.5) is 4.79 Å². The maximum absolute atomic E-state index is 13.5. The van der Waals surface area contributed by atoms with Crippen LogP contribution >= 0.6 is 0 Å². The zero-order valence-corrected chi connectivity index (χ0v) is 22.5. The standard InChI is InChI=1S/C30H41N3O5/c1-21-9-3-5-12-26(21)38-27-13-6-4-11-25(27)30(37,16-8-17-32-29(35)36)23-10-7-18-33(20-23)28(34)22-14-15-24(19-22)31-2/h3-6,9,11-13,22-24,31-32,37H,7-8,10,14-20H2,1-2H3,(H,35,36)/t22-,23-,24+,30?/m1/s1. The molecule has 2 aromatic rings. The number of nitrogens with one attached hydrogen (secondary N) is 2. The van der Waals surface area contributed by atoms with Gasteiger partial charge in [-0.3, -0.25) is 4.79 Å². The molecule has 8 heteroatoms. The Labute approximate surface area is 225 Å². The van der Waals surface area contributed by atoms with Crippen molar-refractivity contribution >= 4 is 12.0 Å². The Bertz CT molecular complexity index is 1110. The number of piperidine rings is 1. The van der Waals surface area contributed by atoms with Gasteiger partial charge < -0.3 is 30.5 Å². The SMILES string of the molecule is CN[C@H]1CC[C@@H](C(=O)N2CCC[C@@H](C(O)(CCCNC(=O)O)c3ccccc3Oc3ccccc3C)C2)C1. The van der Waals surface area contributed by atoms with Crippen molar-refractivity contribution in [1.82, 2.24) is 15.5 Å². The second kappa shape index (κ2) is 12.6. The predicted octanol–water partition coefficient (Wildman–Crippen LogP) is 4.65. The third kappa shape index (κ3) is 6.48. The Morgan fingerprint density at radius 2 is 1.82 bits per heavy atom. The van der Waals surface area contributed by atoms with E-state index in [9.17, 15) is 14.7 Å². The smallest absolute Gasteiger partial charge is 0.404 e. The Balaban J connectivity index is 1.60. The number of aryl methyl sites for hydroxylation is 1. The van der Waals surface area contributed by atoms with Gasteiger partial charge in [0, 0.05) is 43.1 Å². The van der Waals surface area contributed by atoms with Crippen LogP contribution in [0.25, 0.3) is 0 Å². The molecule has 0 aromatic heterocycles. The average molecular weight is 524 g/mol. The van der Waals surface area contributed by atoms with Gasteiger partial charge in [-0.1, -0.05) is 36.4 Å². The quantitative estimate of drug-likeness (QED) is 0.338. The predicted molar refractivity (Wildman–Crippen MR) is 146 cm³/mol. The number of ether oxygens (including phenoxy) is 1. The zero-order valence-electron chi connectivity index (χ0n) is 22.5. The number of hydrogen-bond donors (Lipinski definition) is 4. The highest BCUT2D eigenvalue weighted by Gasteiger charge is 2.44. The number of rotatable bonds is 10. The van der Waals surface area contributed by atoms with Crippen molar-refractivity contribution in [3.8, 4) is 11.5 Å². The molecule has 1 saturated heterocycles. The number of likely N-dealkylation sites (tertiary alicyclic amines) is 1. The van der Waals surface area contributed by atoms with Gasteiger partial charge in [-0.05, 0) is 76.6 Å². The summed E-state index contributed by atoms with van der Waals surface area (Å²) in [5.74, 6) is 1.30. The number of hydrogen-bond acceptors (Lipinski definition) is 5. The van der Waals surface area contributed by atoms with E-state index >= 15 is 0 Å². The van der Waals surface area contributed by atoms with E-state index in [0.29, 0.717) is 43.3 Å². The fourth-order valence-electron chi connectivity index (χ4n) is 6.11. The highest BCUT2D eigenvalue weighted by atomic mass is 16.5. The Kier molecular flexibility index (Phi) is 9.28. The summed E-state index contributed by atoms with van der Waals surface area (Å²) in [7, 11) is 1.95. The molecular weight excluding hydrogens is 482 g/mol. The number of carbonyl (C=O) groups excluding carboxylic acids is 1. The molecule has 0 spiro atoms. The van der Waals surface area contributed by atoms with E-state index < -0.39 is 11.7 Å². The molecule has 1 saturated carbocycles. The Morgan fingerprint density at radius 1 is 1.08 bits per heavy atom. The van der Waals surface area contributed by atoms with E-state index in [1.807, 2.05) is 67.4 Å². The van der Waals surface area contributed by atoms with Gasteiger partial charge in [0.25, 0.3) is 0 Å². The molecule has 4 rings (SSSR count). The summed E-state index contributed by atoms with van der Waals surface area (Å²) in [5, 5.41) is 27.2. The van der Waals surface area contributed by atoms with E-state index in [2.05, 4.69) is 10.6 Å². The molecule has 2 aliphatic rings. The van der Waals surface area contributed by atoms with Gasteiger partial charge in [-0.15, -0.1) is 0 Å². The van der Waals surface area contributed by atoms with Gasteiger partial charge >= 0.3 is 6.09 Å². The lowest BCUT2D eigenvalue weighted by molar-refractivity contribution is -0.141. The summed E-state index contributed by atoms with van der Waals surface area (Å²) in [5.41, 5.74) is 0.373. The fraction of sp³-hybridized carbons (Fsp3) is 0.533. The molecule has 0 radical (unpaired) electrons. The fourth-order valence-corrected chi connectivity index (χ4v) is 6.11. The van der Waals surface area contributed by atoms with E-state index in [-0.39, 0.29) is 24.3 Å². The number of carboxylic acid groups (broad SMARTS) is 1. The van der Waals surface area contributed by atoms with Crippen LogP contribution in [0.15, 0.2) is 48.5 Å². The number of aliphatic hydroxyl groups is 1. The van der Waals surface area contributed by atoms with Crippen molar-refractivity contribution in [3.05, 3.63) is 59.7 Å². The maximum Gasteiger partial charge on any atom is 0.404 e. The van der Waals surface area contributed by atoms with Crippen molar-refractivity contribution in [2.45, 2.75) is 63.5 Å². The van der Waals surface area contributed by atoms with E-state index in [1.165, 1.54) is 0 Å². The van der Waals surface area contributed by atoms with Crippen molar-refractivity contribution in [1.29, 1.82) is 0 Å². The minimum absolute atomic E-state index is 0.0238. The number of para-hydroxylation sites is 2. The van der Waals surface area contributed by atoms with E-state index in [1.54, 1.807) is 0 Å². The third-order valence-corrected chi connectivity index (χ3v) is 8.28. The van der Waals surface area contributed by atoms with E-state index in [0.717, 1.165) is 43.4 Å². The Hall–Kier alpha value is -3.10. The molecule has 1 unspecified atom stereocenters. The Morgan fingerprint density at radius 3 is 2.53 bits per heavy atom. The second-order valence-corrected chi connectivity index (χ2v) is 10.7. The molecule has 1 aliphatic heterocycles. The molecule has 4 atom stereocenters. The lowest BCUT2D eigenvalue weighted by Gasteiger charge is -2.44. The molecule has 2 amide bonds. The van der Waals surface area contributed by atoms with Gasteiger partial charge in [0.05, 0.1) is 5.60 Å². The van der Waals surface area contributed by atoms with Crippen LogP contribution in [0, 0.1) is 18.8 Å². The molecule has 2 fully saturated rings. The molecule has 1 heterocycles. The molecule has 0 bridgehead atoms. The molecular formula is C30H41N3O5. The average Bonchev–Trinajstić information content (AvgIpc) is 3.42. The number of nitrogens with zero attached hydrogens (tertiary/aromatic N) is 1. The van der Waals surface area contributed by atoms with Gasteiger partial charge in [-0.25, -0.2) is 4.79 Å². The maximum atomic E-state index is 13.5. The monoisotopic (exact) mass is 523 g/mol. The molecule has 38 heavy (non-hydrogen) atoms. The third-order valence-electron chi connectivity index (χ3n) is 8.28. The molecule has 2 aromatic carbocycles. The van der Waals surface area contributed by atoms with E-state index in [4.69, 9.17) is 9.84 Å². The largest absolute Gasteiger partial charge is 0.465 e. The van der Waals surface area contributed by atoms with Crippen LogP contribution in [0.3, 0.4) is 0 Å². The van der Waals surface area contributed by atoms with Crippen LogP contribution in [-0.4, -0.2) is 59.8 Å². The lowest BCUT2D eigenvalue weighted by Crippen LogP contribution is -2.49. The second-order valence-electron chi connectivity index (χ2n) is 10.7. The van der Waals surface area contributed by atoms with Gasteiger partial charge in [0.15, 0.2) is 0 Å². The lowest BCUT2D eigenvalue weighted by atomic mass is 9.73. The molecule has 1 aliphatic carbocycles. The molecule has 4 N–H and O–H groups in total. The highest BCUT2D eigenvalue weighted by Crippen LogP contribution is 2.44. The first kappa shape index (κ1) is 27.9. The first-order valence-corrected chi connectivity index (χ1v) is 13.8. The molecule has 206 valence electrons.